The molecule has 31 heavy (non-hydrogen) atoms. The summed E-state index contributed by atoms with van der Waals surface area (Å²) in [7, 11) is 1.50. The molecule has 1 N–H and O–H groups in total. The van der Waals surface area contributed by atoms with Crippen LogP contribution in [0.5, 0.6) is 11.5 Å². The molecule has 7 nitrogen and oxygen atoms in total. The minimum absolute atomic E-state index is 0.169. The maximum absolute atomic E-state index is 13.1. The van der Waals surface area contributed by atoms with Gasteiger partial charge in [-0.05, 0) is 77.0 Å². The first-order valence-electron chi connectivity index (χ1n) is 9.05. The van der Waals surface area contributed by atoms with Gasteiger partial charge < -0.3 is 9.47 Å². The summed E-state index contributed by atoms with van der Waals surface area (Å²) in [6.07, 6.45) is 3.04. The molecule has 1 aliphatic rings. The van der Waals surface area contributed by atoms with Gasteiger partial charge in [0.25, 0.3) is 11.8 Å². The number of barbiturate groups is 1. The van der Waals surface area contributed by atoms with Crippen LogP contribution >= 0.6 is 38.5 Å². The van der Waals surface area contributed by atoms with E-state index in [1.54, 1.807) is 36.4 Å². The molecule has 2 aromatic rings. The first-order chi connectivity index (χ1) is 14.8. The van der Waals surface area contributed by atoms with Gasteiger partial charge in [-0.2, -0.15) is 0 Å². The van der Waals surface area contributed by atoms with Gasteiger partial charge in [0.2, 0.25) is 0 Å². The molecular weight excluding hydrogens is 579 g/mol. The Bertz CT molecular complexity index is 1130. The van der Waals surface area contributed by atoms with Gasteiger partial charge in [0.1, 0.15) is 12.2 Å². The normalized spacial score (nSPS) is 15.2. The van der Waals surface area contributed by atoms with Gasteiger partial charge in [-0.1, -0.05) is 28.6 Å². The molecule has 0 unspecified atom stereocenters. The number of carbonyl (C=O) groups excluding carboxylic acids is 3. The Morgan fingerprint density at radius 1 is 1.23 bits per heavy atom. The van der Waals surface area contributed by atoms with Crippen molar-refractivity contribution in [1.29, 1.82) is 0 Å². The maximum atomic E-state index is 13.1. The van der Waals surface area contributed by atoms with Crippen LogP contribution in [0.2, 0.25) is 0 Å². The highest BCUT2D eigenvalue weighted by Crippen LogP contribution is 2.35. The Labute approximate surface area is 201 Å². The number of urea groups is 1. The number of nitrogens with zero attached hydrogens (tertiary/aromatic N) is 1. The molecule has 1 heterocycles. The van der Waals surface area contributed by atoms with Crippen molar-refractivity contribution in [2.45, 2.75) is 6.92 Å². The molecule has 0 bridgehead atoms. The van der Waals surface area contributed by atoms with Gasteiger partial charge in [-0.3, -0.25) is 14.9 Å². The number of aryl methyl sites for hydroxylation is 1. The summed E-state index contributed by atoms with van der Waals surface area (Å²) < 4.78 is 12.6. The summed E-state index contributed by atoms with van der Waals surface area (Å²) in [5.74, 6) is -0.495. The van der Waals surface area contributed by atoms with Crippen molar-refractivity contribution in [1.82, 2.24) is 5.32 Å². The molecule has 2 aromatic carbocycles. The van der Waals surface area contributed by atoms with Gasteiger partial charge in [0.15, 0.2) is 11.5 Å². The summed E-state index contributed by atoms with van der Waals surface area (Å²) in [6.45, 7) is 5.77. The molecule has 1 fully saturated rings. The number of rotatable bonds is 6. The van der Waals surface area contributed by atoms with Crippen molar-refractivity contribution in [3.63, 3.8) is 0 Å². The summed E-state index contributed by atoms with van der Waals surface area (Å²) >= 11 is 5.47. The zero-order valence-corrected chi connectivity index (χ0v) is 20.4. The number of amides is 4. The first-order valence-corrected chi connectivity index (χ1v) is 10.9. The largest absolute Gasteiger partial charge is 0.493 e. The van der Waals surface area contributed by atoms with Crippen LogP contribution in [0, 0.1) is 10.5 Å². The van der Waals surface area contributed by atoms with E-state index in [9.17, 15) is 14.4 Å². The third kappa shape index (κ3) is 4.82. The van der Waals surface area contributed by atoms with Gasteiger partial charge >= 0.3 is 6.03 Å². The van der Waals surface area contributed by atoms with Crippen LogP contribution in [0.1, 0.15) is 11.1 Å². The van der Waals surface area contributed by atoms with Crippen molar-refractivity contribution >= 4 is 68.1 Å². The quantitative estimate of drug-likeness (QED) is 0.228. The minimum Gasteiger partial charge on any atom is -0.493 e. The summed E-state index contributed by atoms with van der Waals surface area (Å²) in [5.41, 5.74) is 1.58. The Morgan fingerprint density at radius 3 is 2.61 bits per heavy atom. The molecule has 3 rings (SSSR count). The first kappa shape index (κ1) is 23.0. The average molecular weight is 597 g/mol. The number of carbonyl (C=O) groups is 3. The van der Waals surface area contributed by atoms with Crippen LogP contribution in [0.15, 0.2) is 53.0 Å². The number of hydrogen-bond acceptors (Lipinski definition) is 5. The second kappa shape index (κ2) is 9.65. The molecule has 4 amide bonds. The molecule has 9 heteroatoms. The van der Waals surface area contributed by atoms with E-state index < -0.39 is 17.8 Å². The maximum Gasteiger partial charge on any atom is 0.335 e. The molecule has 0 spiro atoms. The second-order valence-electron chi connectivity index (χ2n) is 6.53. The number of methoxy groups -OCH3 is 1. The lowest BCUT2D eigenvalue weighted by atomic mass is 10.1. The highest BCUT2D eigenvalue weighted by Gasteiger charge is 2.37. The fourth-order valence-electron chi connectivity index (χ4n) is 2.93. The second-order valence-corrected chi connectivity index (χ2v) is 8.54. The van der Waals surface area contributed by atoms with Crippen LogP contribution in [-0.2, 0) is 9.59 Å². The van der Waals surface area contributed by atoms with Gasteiger partial charge in [-0.15, -0.1) is 0 Å². The molecule has 1 aliphatic heterocycles. The Balaban J connectivity index is 2.02. The van der Waals surface area contributed by atoms with E-state index in [0.717, 1.165) is 18.5 Å². The third-order valence-electron chi connectivity index (χ3n) is 4.41. The number of hydrogen-bond donors (Lipinski definition) is 1. The molecule has 160 valence electrons. The number of imide groups is 2. The lowest BCUT2D eigenvalue weighted by molar-refractivity contribution is -0.122. The number of halogens is 2. The van der Waals surface area contributed by atoms with E-state index in [1.807, 2.05) is 6.92 Å². The van der Waals surface area contributed by atoms with Crippen LogP contribution in [0.25, 0.3) is 6.08 Å². The predicted octanol–water partition coefficient (Wildman–Crippen LogP) is 4.60. The number of ether oxygens (including phenoxy) is 2. The van der Waals surface area contributed by atoms with Gasteiger partial charge in [0, 0.05) is 4.47 Å². The van der Waals surface area contributed by atoms with Gasteiger partial charge in [0.05, 0.1) is 16.4 Å². The lowest BCUT2D eigenvalue weighted by Gasteiger charge is -2.26. The summed E-state index contributed by atoms with van der Waals surface area (Å²) in [4.78, 5) is 38.9. The van der Waals surface area contributed by atoms with E-state index in [4.69, 9.17) is 9.47 Å². The summed E-state index contributed by atoms with van der Waals surface area (Å²) in [5, 5.41) is 2.22. The van der Waals surface area contributed by atoms with E-state index in [-0.39, 0.29) is 5.57 Å². The van der Waals surface area contributed by atoms with Crippen molar-refractivity contribution in [3.8, 4) is 11.5 Å². The molecule has 0 atom stereocenters. The zero-order chi connectivity index (χ0) is 22.7. The Morgan fingerprint density at radius 2 is 1.97 bits per heavy atom. The number of nitrogens with one attached hydrogen (secondary N) is 1. The summed E-state index contributed by atoms with van der Waals surface area (Å²) in [6, 6.07) is 7.65. The minimum atomic E-state index is -0.797. The predicted molar refractivity (Wildman–Crippen MR) is 129 cm³/mol. The fraction of sp³-hybridized carbons (Fsp3) is 0.136. The van der Waals surface area contributed by atoms with Crippen LogP contribution in [-0.4, -0.2) is 31.6 Å². The van der Waals surface area contributed by atoms with E-state index in [1.165, 1.54) is 13.2 Å². The number of benzene rings is 2. The molecule has 0 radical (unpaired) electrons. The molecule has 1 saturated heterocycles. The lowest BCUT2D eigenvalue weighted by Crippen LogP contribution is -2.54. The van der Waals surface area contributed by atoms with Crippen molar-refractivity contribution in [2.24, 2.45) is 0 Å². The Kier molecular flexibility index (Phi) is 7.16. The monoisotopic (exact) mass is 596 g/mol. The van der Waals surface area contributed by atoms with Crippen molar-refractivity contribution < 1.29 is 23.9 Å². The average Bonchev–Trinajstić information content (AvgIpc) is 2.72. The van der Waals surface area contributed by atoms with Crippen molar-refractivity contribution in [2.75, 3.05) is 18.6 Å². The topological polar surface area (TPSA) is 84.9 Å². The van der Waals surface area contributed by atoms with Crippen LogP contribution in [0.4, 0.5) is 10.5 Å². The zero-order valence-electron chi connectivity index (χ0n) is 16.7. The Hall–Kier alpha value is -2.66. The third-order valence-corrected chi connectivity index (χ3v) is 6.10. The smallest absolute Gasteiger partial charge is 0.335 e. The highest BCUT2D eigenvalue weighted by atomic mass is 127. The SMILES string of the molecule is C=CCOc1c(I)cc(/C=C2/C(=O)NC(=O)N(c3ccc(Br)c(C)c3)C2=O)cc1OC. The van der Waals surface area contributed by atoms with Crippen LogP contribution in [0.3, 0.4) is 0 Å². The molecule has 0 saturated carbocycles. The van der Waals surface area contributed by atoms with Crippen molar-refractivity contribution in [3.05, 3.63) is 67.7 Å². The fourth-order valence-corrected chi connectivity index (χ4v) is 3.96. The highest BCUT2D eigenvalue weighted by molar-refractivity contribution is 14.1. The molecule has 0 aliphatic carbocycles. The van der Waals surface area contributed by atoms with E-state index in [2.05, 4.69) is 50.4 Å². The molecular formula is C22H18BrIN2O5. The standard InChI is InChI=1S/C22H18BrIN2O5/c1-4-7-31-19-17(24)10-13(11-18(19)30-3)9-15-20(27)25-22(29)26(21(15)28)14-5-6-16(23)12(2)8-14/h4-6,8-11H,1,7H2,2-3H3,(H,25,27,29)/b15-9-. The van der Waals surface area contributed by atoms with E-state index in [0.29, 0.717) is 29.4 Å². The number of anilines is 1. The van der Waals surface area contributed by atoms with Gasteiger partial charge in [-0.25, -0.2) is 9.69 Å². The van der Waals surface area contributed by atoms with Crippen LogP contribution < -0.4 is 19.7 Å². The van der Waals surface area contributed by atoms with E-state index >= 15 is 0 Å². The molecule has 0 aromatic heterocycles.